The second-order valence-electron chi connectivity index (χ2n) is 3.50. The molecule has 0 saturated carbocycles. The average molecular weight is 223 g/mol. The number of rotatable bonds is 3. The Morgan fingerprint density at radius 1 is 1.31 bits per heavy atom. The zero-order valence-electron chi connectivity index (χ0n) is 8.82. The van der Waals surface area contributed by atoms with Gasteiger partial charge in [0, 0.05) is 17.8 Å². The van der Waals surface area contributed by atoms with Crippen molar-refractivity contribution in [3.63, 3.8) is 0 Å². The summed E-state index contributed by atoms with van der Waals surface area (Å²) in [5, 5.41) is 7.75. The van der Waals surface area contributed by atoms with E-state index in [1.165, 1.54) is 16.8 Å². The van der Waals surface area contributed by atoms with Crippen molar-refractivity contribution in [2.45, 2.75) is 19.9 Å². The van der Waals surface area contributed by atoms with Crippen molar-refractivity contribution >= 4 is 0 Å². The molecule has 5 heteroatoms. The summed E-state index contributed by atoms with van der Waals surface area (Å²) in [5.74, 6) is -1.14. The van der Waals surface area contributed by atoms with Crippen LogP contribution in [0.5, 0.6) is 0 Å². The van der Waals surface area contributed by atoms with Crippen molar-refractivity contribution in [3.05, 3.63) is 47.3 Å². The van der Waals surface area contributed by atoms with Crippen LogP contribution >= 0.6 is 0 Å². The Morgan fingerprint density at radius 3 is 2.75 bits per heavy atom. The van der Waals surface area contributed by atoms with Crippen molar-refractivity contribution in [3.8, 4) is 0 Å². The molecule has 3 nitrogen and oxygen atoms in total. The van der Waals surface area contributed by atoms with Gasteiger partial charge in [0.05, 0.1) is 12.2 Å². The topological polar surface area (TPSA) is 30.7 Å². The highest BCUT2D eigenvalue weighted by molar-refractivity contribution is 5.18. The van der Waals surface area contributed by atoms with Crippen LogP contribution in [0.15, 0.2) is 24.4 Å². The molecule has 0 spiro atoms. The Hall–Kier alpha value is -1.78. The fourth-order valence-corrected chi connectivity index (χ4v) is 1.40. The van der Waals surface area contributed by atoms with E-state index >= 15 is 0 Å². The quantitative estimate of drug-likeness (QED) is 0.798. The van der Waals surface area contributed by atoms with Gasteiger partial charge < -0.3 is 0 Å². The molecular formula is C11H11F2N3. The van der Waals surface area contributed by atoms with Gasteiger partial charge in [0.25, 0.3) is 0 Å². The molecule has 0 aliphatic heterocycles. The summed E-state index contributed by atoms with van der Waals surface area (Å²) in [7, 11) is 0. The van der Waals surface area contributed by atoms with Crippen molar-refractivity contribution in [2.24, 2.45) is 0 Å². The molecule has 1 aromatic heterocycles. The summed E-state index contributed by atoms with van der Waals surface area (Å²) in [4.78, 5) is 0. The lowest BCUT2D eigenvalue weighted by Gasteiger charge is -2.02. The maximum Gasteiger partial charge on any atom is 0.131 e. The van der Waals surface area contributed by atoms with Gasteiger partial charge in [-0.25, -0.2) is 13.5 Å². The summed E-state index contributed by atoms with van der Waals surface area (Å²) in [6.45, 7) is 2.23. The molecule has 0 bridgehead atoms. The van der Waals surface area contributed by atoms with Crippen LogP contribution in [0.25, 0.3) is 0 Å². The van der Waals surface area contributed by atoms with Gasteiger partial charge in [-0.2, -0.15) is 0 Å². The second kappa shape index (κ2) is 4.38. The largest absolute Gasteiger partial charge is 0.248 e. The highest BCUT2D eigenvalue weighted by Gasteiger charge is 2.05. The third-order valence-corrected chi connectivity index (χ3v) is 2.30. The van der Waals surface area contributed by atoms with E-state index in [2.05, 4.69) is 10.3 Å². The highest BCUT2D eigenvalue weighted by Crippen LogP contribution is 2.10. The average Bonchev–Trinajstić information content (AvgIpc) is 2.70. The molecule has 0 aliphatic carbocycles. The number of halogens is 2. The fourth-order valence-electron chi connectivity index (χ4n) is 1.40. The SMILES string of the molecule is CCc1cn(Cc2ccc(F)cc2F)nn1. The van der Waals surface area contributed by atoms with Gasteiger partial charge in [0.15, 0.2) is 0 Å². The minimum Gasteiger partial charge on any atom is -0.248 e. The van der Waals surface area contributed by atoms with Gasteiger partial charge in [0.2, 0.25) is 0 Å². The van der Waals surface area contributed by atoms with E-state index in [0.29, 0.717) is 5.56 Å². The van der Waals surface area contributed by atoms with E-state index < -0.39 is 11.6 Å². The van der Waals surface area contributed by atoms with Gasteiger partial charge in [-0.15, -0.1) is 5.10 Å². The van der Waals surface area contributed by atoms with E-state index in [4.69, 9.17) is 0 Å². The molecule has 0 radical (unpaired) electrons. The Bertz CT molecular complexity index is 494. The number of hydrogen-bond donors (Lipinski definition) is 0. The van der Waals surface area contributed by atoms with Crippen LogP contribution < -0.4 is 0 Å². The van der Waals surface area contributed by atoms with Gasteiger partial charge in [0.1, 0.15) is 11.6 Å². The van der Waals surface area contributed by atoms with Crippen LogP contribution in [-0.2, 0) is 13.0 Å². The molecule has 1 aromatic carbocycles. The minimum atomic E-state index is -0.575. The smallest absolute Gasteiger partial charge is 0.131 e. The maximum atomic E-state index is 13.3. The second-order valence-corrected chi connectivity index (χ2v) is 3.50. The number of hydrogen-bond acceptors (Lipinski definition) is 2. The highest BCUT2D eigenvalue weighted by atomic mass is 19.1. The van der Waals surface area contributed by atoms with Crippen molar-refractivity contribution < 1.29 is 8.78 Å². The first-order valence-electron chi connectivity index (χ1n) is 5.02. The number of nitrogens with zero attached hydrogens (tertiary/aromatic N) is 3. The minimum absolute atomic E-state index is 0.263. The first-order chi connectivity index (χ1) is 7.69. The van der Waals surface area contributed by atoms with Crippen LogP contribution in [0.4, 0.5) is 8.78 Å². The molecule has 2 rings (SSSR count). The molecule has 1 heterocycles. The van der Waals surface area contributed by atoms with Gasteiger partial charge in [-0.05, 0) is 12.5 Å². The zero-order chi connectivity index (χ0) is 11.5. The normalized spacial score (nSPS) is 10.7. The summed E-state index contributed by atoms with van der Waals surface area (Å²) in [6, 6.07) is 3.51. The van der Waals surface area contributed by atoms with Crippen LogP contribution in [0, 0.1) is 11.6 Å². The molecule has 0 saturated heterocycles. The first kappa shape index (κ1) is 10.7. The Balaban J connectivity index is 2.20. The Labute approximate surface area is 91.7 Å². The first-order valence-corrected chi connectivity index (χ1v) is 5.02. The standard InChI is InChI=1S/C11H11F2N3/c1-2-10-7-16(15-14-10)6-8-3-4-9(12)5-11(8)13/h3-5,7H,2,6H2,1H3. The van der Waals surface area contributed by atoms with E-state index in [0.717, 1.165) is 18.2 Å². The molecule has 0 N–H and O–H groups in total. The van der Waals surface area contributed by atoms with Crippen molar-refractivity contribution in [1.29, 1.82) is 0 Å². The predicted molar refractivity (Wildman–Crippen MR) is 54.9 cm³/mol. The molecule has 16 heavy (non-hydrogen) atoms. The van der Waals surface area contributed by atoms with E-state index in [1.54, 1.807) is 6.20 Å². The van der Waals surface area contributed by atoms with Gasteiger partial charge in [-0.1, -0.05) is 18.2 Å². The molecule has 0 unspecified atom stereocenters. The number of aryl methyl sites for hydroxylation is 1. The predicted octanol–water partition coefficient (Wildman–Crippen LogP) is 2.17. The third kappa shape index (κ3) is 2.24. The lowest BCUT2D eigenvalue weighted by atomic mass is 10.2. The number of aromatic nitrogens is 3. The van der Waals surface area contributed by atoms with Gasteiger partial charge >= 0.3 is 0 Å². The fraction of sp³-hybridized carbons (Fsp3) is 0.273. The van der Waals surface area contributed by atoms with Gasteiger partial charge in [-0.3, -0.25) is 0 Å². The lowest BCUT2D eigenvalue weighted by molar-refractivity contribution is 0.554. The molecule has 84 valence electrons. The number of benzene rings is 1. The van der Waals surface area contributed by atoms with Crippen LogP contribution in [0.1, 0.15) is 18.2 Å². The van der Waals surface area contributed by atoms with E-state index in [-0.39, 0.29) is 6.54 Å². The van der Waals surface area contributed by atoms with Crippen LogP contribution in [0.2, 0.25) is 0 Å². The van der Waals surface area contributed by atoms with Crippen LogP contribution in [0.3, 0.4) is 0 Å². The third-order valence-electron chi connectivity index (χ3n) is 2.30. The molecule has 0 amide bonds. The summed E-state index contributed by atoms with van der Waals surface area (Å²) >= 11 is 0. The van der Waals surface area contributed by atoms with Crippen LogP contribution in [-0.4, -0.2) is 15.0 Å². The van der Waals surface area contributed by atoms with Crippen molar-refractivity contribution in [1.82, 2.24) is 15.0 Å². The van der Waals surface area contributed by atoms with E-state index in [1.807, 2.05) is 6.92 Å². The van der Waals surface area contributed by atoms with Crippen molar-refractivity contribution in [2.75, 3.05) is 0 Å². The molecule has 2 aromatic rings. The maximum absolute atomic E-state index is 13.3. The Kier molecular flexibility index (Phi) is 2.94. The monoisotopic (exact) mass is 223 g/mol. The summed E-state index contributed by atoms with van der Waals surface area (Å²) in [5.41, 5.74) is 1.25. The Morgan fingerprint density at radius 2 is 2.12 bits per heavy atom. The summed E-state index contributed by atoms with van der Waals surface area (Å²) < 4.78 is 27.5. The zero-order valence-corrected chi connectivity index (χ0v) is 8.82. The molecule has 0 aliphatic rings. The van der Waals surface area contributed by atoms with E-state index in [9.17, 15) is 8.78 Å². The lowest BCUT2D eigenvalue weighted by Crippen LogP contribution is -2.03. The molecule has 0 atom stereocenters. The summed E-state index contributed by atoms with van der Waals surface area (Å²) in [6.07, 6.45) is 2.54. The molecular weight excluding hydrogens is 212 g/mol. The molecule has 0 fully saturated rings.